The molecule has 0 fully saturated rings. The van der Waals surface area contributed by atoms with Crippen LogP contribution in [0.3, 0.4) is 0 Å². The van der Waals surface area contributed by atoms with Crippen molar-refractivity contribution in [2.45, 2.75) is 38.7 Å². The number of nitrogens with zero attached hydrogens (tertiary/aromatic N) is 3. The van der Waals surface area contributed by atoms with E-state index in [4.69, 9.17) is 22.4 Å². The molecule has 0 spiro atoms. The summed E-state index contributed by atoms with van der Waals surface area (Å²) in [6.07, 6.45) is -3.00. The van der Waals surface area contributed by atoms with Gasteiger partial charge in [0.15, 0.2) is 5.82 Å². The van der Waals surface area contributed by atoms with E-state index in [1.54, 1.807) is 23.0 Å². The molecule has 11 nitrogen and oxygen atoms in total. The molecule has 1 atom stereocenters. The van der Waals surface area contributed by atoms with E-state index in [-0.39, 0.29) is 23.5 Å². The molecule has 6 N–H and O–H groups in total. The number of halogens is 5. The highest BCUT2D eigenvalue weighted by Crippen LogP contribution is 2.38. The Morgan fingerprint density at radius 3 is 2.48 bits per heavy atom. The molecule has 2 aromatic heterocycles. The number of methoxy groups -OCH3 is 1. The molecular weight excluding hydrogens is 632 g/mol. The van der Waals surface area contributed by atoms with Gasteiger partial charge in [-0.2, -0.15) is 18.3 Å². The summed E-state index contributed by atoms with van der Waals surface area (Å²) in [5, 5.41) is 14.3. The van der Waals surface area contributed by atoms with Gasteiger partial charge in [0.25, 0.3) is 0 Å². The Labute approximate surface area is 266 Å². The molecule has 0 aliphatic rings. The Morgan fingerprint density at radius 2 is 1.80 bits per heavy atom. The van der Waals surface area contributed by atoms with E-state index in [0.717, 1.165) is 6.07 Å². The largest absolute Gasteiger partial charge is 0.453 e. The molecule has 244 valence electrons. The molecule has 4 aromatic rings. The minimum atomic E-state index is -4.74. The molecule has 46 heavy (non-hydrogen) atoms. The Morgan fingerprint density at radius 1 is 1.07 bits per heavy atom. The number of pyridine rings is 1. The van der Waals surface area contributed by atoms with E-state index in [9.17, 15) is 22.8 Å². The number of amides is 3. The van der Waals surface area contributed by atoms with Gasteiger partial charge < -0.3 is 31.7 Å². The zero-order chi connectivity index (χ0) is 33.8. The maximum absolute atomic E-state index is 16.0. The molecule has 0 aliphatic heterocycles. The normalized spacial score (nSPS) is 12.3. The zero-order valence-corrected chi connectivity index (χ0v) is 25.8. The summed E-state index contributed by atoms with van der Waals surface area (Å²) in [5.74, 6) is -0.397. The van der Waals surface area contributed by atoms with Crippen LogP contribution < -0.4 is 27.0 Å². The zero-order valence-electron chi connectivity index (χ0n) is 25.1. The second kappa shape index (κ2) is 13.6. The van der Waals surface area contributed by atoms with E-state index >= 15 is 4.39 Å². The van der Waals surface area contributed by atoms with Crippen LogP contribution in [0.2, 0.25) is 5.02 Å². The number of benzene rings is 2. The second-order valence-electron chi connectivity index (χ2n) is 11.0. The van der Waals surface area contributed by atoms with Gasteiger partial charge in [-0.3, -0.25) is 4.68 Å². The number of alkyl halides is 3. The quantitative estimate of drug-likeness (QED) is 0.102. The molecule has 16 heteroatoms. The molecule has 2 aromatic carbocycles. The van der Waals surface area contributed by atoms with Gasteiger partial charge >= 0.3 is 18.3 Å². The summed E-state index contributed by atoms with van der Waals surface area (Å²) < 4.78 is 62.0. The molecule has 2 heterocycles. The molecular formula is C30H31ClF4N8O3. The van der Waals surface area contributed by atoms with Crippen molar-refractivity contribution >= 4 is 40.9 Å². The van der Waals surface area contributed by atoms with Crippen molar-refractivity contribution in [1.29, 1.82) is 0 Å². The van der Waals surface area contributed by atoms with E-state index in [1.165, 1.54) is 37.6 Å². The fraction of sp³-hybridized carbons (Fsp3) is 0.267. The standard InChI is InChI=1S/C30H31ClF4N8O3/c1-29(2,3)43-15-19(26(42-43)16-10-11-37-24(12-16)38-14-23(36)41-28(45)46-4)18-6-5-7-22(25(18)32)40-27(44)39-17-8-9-21(31)20(13-17)30(33,34)35/h5-13,15,23H,14,36H2,1-4H3,(H,37,38)(H,41,45)(H2,39,40,44)/t23-/m1/s1. The van der Waals surface area contributed by atoms with Crippen LogP contribution in [0, 0.1) is 5.82 Å². The second-order valence-corrected chi connectivity index (χ2v) is 11.4. The molecule has 3 amide bonds. The smallest absolute Gasteiger partial charge is 0.417 e. The van der Waals surface area contributed by atoms with Crippen LogP contribution in [0.1, 0.15) is 26.3 Å². The number of carbonyl (C=O) groups is 2. The Hall–Kier alpha value is -4.89. The highest BCUT2D eigenvalue weighted by atomic mass is 35.5. The molecule has 0 saturated heterocycles. The van der Waals surface area contributed by atoms with E-state index in [0.29, 0.717) is 28.7 Å². The summed E-state index contributed by atoms with van der Waals surface area (Å²) >= 11 is 5.65. The molecule has 0 unspecified atom stereocenters. The van der Waals surface area contributed by atoms with E-state index < -0.39 is 46.4 Å². The number of hydrogen-bond acceptors (Lipinski definition) is 7. The molecule has 0 bridgehead atoms. The average Bonchev–Trinajstić information content (AvgIpc) is 3.44. The first-order valence-electron chi connectivity index (χ1n) is 13.7. The van der Waals surface area contributed by atoms with Gasteiger partial charge in [0, 0.05) is 41.3 Å². The van der Waals surface area contributed by atoms with Crippen molar-refractivity contribution in [3.63, 3.8) is 0 Å². The minimum Gasteiger partial charge on any atom is -0.453 e. The number of anilines is 3. The van der Waals surface area contributed by atoms with Gasteiger partial charge in [0.05, 0.1) is 35.1 Å². The summed E-state index contributed by atoms with van der Waals surface area (Å²) in [6, 6.07) is 9.62. The Kier molecular flexibility index (Phi) is 10.1. The number of nitrogens with two attached hydrogens (primary N) is 1. The Balaban J connectivity index is 1.63. The van der Waals surface area contributed by atoms with Gasteiger partial charge in [-0.15, -0.1) is 0 Å². The van der Waals surface area contributed by atoms with E-state index in [2.05, 4.69) is 31.0 Å². The fourth-order valence-corrected chi connectivity index (χ4v) is 4.44. The molecule has 0 radical (unpaired) electrons. The average molecular weight is 663 g/mol. The fourth-order valence-electron chi connectivity index (χ4n) is 4.22. The van der Waals surface area contributed by atoms with Crippen molar-refractivity contribution in [3.05, 3.63) is 77.3 Å². The predicted molar refractivity (Wildman–Crippen MR) is 167 cm³/mol. The van der Waals surface area contributed by atoms with Crippen molar-refractivity contribution in [2.75, 3.05) is 29.6 Å². The summed E-state index contributed by atoms with van der Waals surface area (Å²) in [5.41, 5.74) is 5.33. The van der Waals surface area contributed by atoms with Crippen LogP contribution >= 0.6 is 11.6 Å². The molecule has 4 rings (SSSR count). The van der Waals surface area contributed by atoms with E-state index in [1.807, 2.05) is 20.8 Å². The highest BCUT2D eigenvalue weighted by molar-refractivity contribution is 6.31. The first-order chi connectivity index (χ1) is 21.6. The summed E-state index contributed by atoms with van der Waals surface area (Å²) in [4.78, 5) is 28.4. The predicted octanol–water partition coefficient (Wildman–Crippen LogP) is 6.88. The number of carbonyl (C=O) groups excluding carboxylic acids is 2. The van der Waals surface area contributed by atoms with Crippen LogP contribution in [0.25, 0.3) is 22.4 Å². The van der Waals surface area contributed by atoms with Crippen molar-refractivity contribution in [1.82, 2.24) is 20.1 Å². The number of alkyl carbamates (subject to hydrolysis) is 1. The molecule has 0 aliphatic carbocycles. The third kappa shape index (κ3) is 8.22. The van der Waals surface area contributed by atoms with Crippen molar-refractivity contribution in [3.8, 4) is 22.4 Å². The lowest BCUT2D eigenvalue weighted by Gasteiger charge is -2.19. The number of rotatable bonds is 8. The third-order valence-electron chi connectivity index (χ3n) is 6.49. The lowest BCUT2D eigenvalue weighted by molar-refractivity contribution is -0.137. The van der Waals surface area contributed by atoms with Gasteiger partial charge in [0.1, 0.15) is 11.5 Å². The Bertz CT molecular complexity index is 1740. The van der Waals surface area contributed by atoms with Crippen molar-refractivity contribution < 1.29 is 31.9 Å². The lowest BCUT2D eigenvalue weighted by atomic mass is 10.0. The highest BCUT2D eigenvalue weighted by Gasteiger charge is 2.33. The van der Waals surface area contributed by atoms with Crippen LogP contribution in [0.15, 0.2) is 60.9 Å². The maximum atomic E-state index is 16.0. The van der Waals surface area contributed by atoms with Gasteiger partial charge in [-0.1, -0.05) is 23.7 Å². The molecule has 0 saturated carbocycles. The number of nitrogens with one attached hydrogen (secondary N) is 4. The third-order valence-corrected chi connectivity index (χ3v) is 6.82. The van der Waals surface area contributed by atoms with Crippen LogP contribution in [0.5, 0.6) is 0 Å². The topological polar surface area (TPSA) is 148 Å². The SMILES string of the molecule is COC(=O)N[C@@H](N)CNc1cc(-c2nn(C(C)(C)C)cc2-c2cccc(NC(=O)Nc3ccc(Cl)c(C(F)(F)F)c3)c2F)ccn1. The first-order valence-corrected chi connectivity index (χ1v) is 14.1. The maximum Gasteiger partial charge on any atom is 0.417 e. The van der Waals surface area contributed by atoms with Gasteiger partial charge in [-0.25, -0.2) is 19.0 Å². The number of urea groups is 1. The lowest BCUT2D eigenvalue weighted by Crippen LogP contribution is -2.46. The minimum absolute atomic E-state index is 0.102. The van der Waals surface area contributed by atoms with Gasteiger partial charge in [-0.05, 0) is 57.2 Å². The van der Waals surface area contributed by atoms with Crippen LogP contribution in [-0.2, 0) is 16.5 Å². The summed E-state index contributed by atoms with van der Waals surface area (Å²) in [6.45, 7) is 5.88. The number of aromatic nitrogens is 3. The van der Waals surface area contributed by atoms with Crippen molar-refractivity contribution in [2.24, 2.45) is 5.73 Å². The summed E-state index contributed by atoms with van der Waals surface area (Å²) in [7, 11) is 1.22. The monoisotopic (exact) mass is 662 g/mol. The number of ether oxygens (including phenoxy) is 1. The van der Waals surface area contributed by atoms with Crippen LogP contribution in [-0.4, -0.2) is 46.7 Å². The first kappa shape index (κ1) is 34.0. The number of hydrogen-bond donors (Lipinski definition) is 5. The van der Waals surface area contributed by atoms with Gasteiger partial charge in [0.2, 0.25) is 0 Å². The van der Waals surface area contributed by atoms with Crippen LogP contribution in [0.4, 0.5) is 44.3 Å².